The number of morpholine rings is 1. The van der Waals surface area contributed by atoms with Gasteiger partial charge in [-0.15, -0.1) is 12.4 Å². The van der Waals surface area contributed by atoms with Crippen molar-refractivity contribution in [3.05, 3.63) is 29.3 Å². The first kappa shape index (κ1) is 21.4. The number of piperazine rings is 1. The van der Waals surface area contributed by atoms with Gasteiger partial charge in [-0.05, 0) is 19.1 Å². The van der Waals surface area contributed by atoms with Gasteiger partial charge in [0.15, 0.2) is 0 Å². The summed E-state index contributed by atoms with van der Waals surface area (Å²) in [4.78, 5) is 14.4. The second kappa shape index (κ2) is 8.86. The highest BCUT2D eigenvalue weighted by Gasteiger charge is 2.36. The average molecular weight is 424 g/mol. The minimum atomic E-state index is -3.65. The topological polar surface area (TPSA) is 79.0 Å². The summed E-state index contributed by atoms with van der Waals surface area (Å²) in [7, 11) is -3.65. The molecule has 1 N–H and O–H groups in total. The molecule has 2 saturated heterocycles. The van der Waals surface area contributed by atoms with E-state index in [-0.39, 0.29) is 53.5 Å². The van der Waals surface area contributed by atoms with E-state index in [1.54, 1.807) is 23.1 Å². The van der Waals surface area contributed by atoms with Crippen LogP contribution in [0, 0.1) is 0 Å². The number of carbonyl (C=O) groups is 1. The summed E-state index contributed by atoms with van der Waals surface area (Å²) in [5.41, 5.74) is 0. The number of sulfonamides is 1. The van der Waals surface area contributed by atoms with E-state index in [0.29, 0.717) is 26.2 Å². The van der Waals surface area contributed by atoms with Crippen LogP contribution in [-0.2, 0) is 19.6 Å². The van der Waals surface area contributed by atoms with Gasteiger partial charge in [0.1, 0.15) is 10.9 Å². The van der Waals surface area contributed by atoms with E-state index < -0.39 is 10.0 Å². The Kier molecular flexibility index (Phi) is 7.29. The monoisotopic (exact) mass is 423 g/mol. The molecule has 7 nitrogen and oxygen atoms in total. The highest BCUT2D eigenvalue weighted by atomic mass is 35.5. The minimum Gasteiger partial charge on any atom is -0.375 e. The summed E-state index contributed by atoms with van der Waals surface area (Å²) >= 11 is 6.03. The van der Waals surface area contributed by atoms with Crippen molar-refractivity contribution in [1.29, 1.82) is 0 Å². The molecule has 0 unspecified atom stereocenters. The maximum atomic E-state index is 12.7. The van der Waals surface area contributed by atoms with Crippen molar-refractivity contribution in [2.45, 2.75) is 24.0 Å². The Hall–Kier alpha value is -0.900. The maximum absolute atomic E-state index is 12.7. The Morgan fingerprint density at radius 3 is 2.50 bits per heavy atom. The number of carbonyl (C=O) groups excluding carboxylic acids is 1. The fourth-order valence-corrected chi connectivity index (χ4v) is 5.06. The summed E-state index contributed by atoms with van der Waals surface area (Å²) in [5, 5.41) is 3.38. The van der Waals surface area contributed by atoms with Crippen LogP contribution in [0.3, 0.4) is 0 Å². The first-order valence-corrected chi connectivity index (χ1v) is 10.1. The molecule has 1 aromatic carbocycles. The van der Waals surface area contributed by atoms with Crippen molar-refractivity contribution in [3.63, 3.8) is 0 Å². The Morgan fingerprint density at radius 1 is 1.23 bits per heavy atom. The molecule has 2 atom stereocenters. The Bertz CT molecular complexity index is 739. The zero-order valence-electron chi connectivity index (χ0n) is 14.4. The van der Waals surface area contributed by atoms with Crippen LogP contribution in [0.25, 0.3) is 0 Å². The van der Waals surface area contributed by atoms with Gasteiger partial charge in [-0.3, -0.25) is 4.79 Å². The Balaban J connectivity index is 0.00000243. The number of nitrogens with zero attached hydrogens (tertiary/aromatic N) is 2. The van der Waals surface area contributed by atoms with Crippen LogP contribution in [0.15, 0.2) is 29.2 Å². The fourth-order valence-electron chi connectivity index (χ4n) is 3.15. The highest BCUT2D eigenvalue weighted by Crippen LogP contribution is 2.25. The number of nitrogens with one attached hydrogen (secondary N) is 1. The van der Waals surface area contributed by atoms with Crippen LogP contribution in [0.2, 0.25) is 5.02 Å². The molecule has 2 aliphatic heterocycles. The average Bonchev–Trinajstić information content (AvgIpc) is 2.62. The highest BCUT2D eigenvalue weighted by molar-refractivity contribution is 7.89. The third-order valence-electron chi connectivity index (χ3n) is 4.59. The van der Waals surface area contributed by atoms with Crippen molar-refractivity contribution in [3.8, 4) is 0 Å². The van der Waals surface area contributed by atoms with Gasteiger partial charge in [-0.2, -0.15) is 4.31 Å². The molecule has 2 aliphatic rings. The van der Waals surface area contributed by atoms with Gasteiger partial charge in [0, 0.05) is 32.7 Å². The molecule has 2 heterocycles. The number of amides is 1. The zero-order valence-corrected chi connectivity index (χ0v) is 16.8. The lowest BCUT2D eigenvalue weighted by molar-refractivity contribution is -0.140. The number of rotatable bonds is 3. The molecule has 0 saturated carbocycles. The van der Waals surface area contributed by atoms with E-state index in [2.05, 4.69) is 5.32 Å². The second-order valence-electron chi connectivity index (χ2n) is 6.17. The van der Waals surface area contributed by atoms with Crippen LogP contribution in [0.5, 0.6) is 0 Å². The van der Waals surface area contributed by atoms with E-state index in [1.165, 1.54) is 10.4 Å². The maximum Gasteiger partial charge on any atom is 0.244 e. The van der Waals surface area contributed by atoms with E-state index in [1.807, 2.05) is 6.92 Å². The van der Waals surface area contributed by atoms with Gasteiger partial charge in [0.2, 0.25) is 15.9 Å². The largest absolute Gasteiger partial charge is 0.375 e. The first-order valence-electron chi connectivity index (χ1n) is 8.29. The van der Waals surface area contributed by atoms with Gasteiger partial charge in [0.25, 0.3) is 0 Å². The van der Waals surface area contributed by atoms with Gasteiger partial charge in [0.05, 0.1) is 17.7 Å². The molecule has 10 heteroatoms. The molecular formula is C16H23Cl2N3O4S. The molecule has 0 aliphatic carbocycles. The van der Waals surface area contributed by atoms with Crippen LogP contribution in [0.1, 0.15) is 6.92 Å². The third kappa shape index (κ3) is 4.32. The predicted molar refractivity (Wildman–Crippen MR) is 101 cm³/mol. The number of hydrogen-bond acceptors (Lipinski definition) is 5. The van der Waals surface area contributed by atoms with Crippen LogP contribution in [-0.4, -0.2) is 75.0 Å². The minimum absolute atomic E-state index is 0. The van der Waals surface area contributed by atoms with E-state index in [4.69, 9.17) is 16.3 Å². The first-order chi connectivity index (χ1) is 11.9. The van der Waals surface area contributed by atoms with Crippen molar-refractivity contribution in [2.75, 3.05) is 39.3 Å². The van der Waals surface area contributed by atoms with Crippen molar-refractivity contribution in [1.82, 2.24) is 14.5 Å². The zero-order chi connectivity index (χ0) is 18.0. The molecule has 1 amide bonds. The van der Waals surface area contributed by atoms with E-state index in [9.17, 15) is 13.2 Å². The standard InChI is InChI=1S/C16H22ClN3O4S.ClH/c1-12-15(18-6-11-24-12)16(21)19-7-9-20(10-8-19)25(22,23)14-5-3-2-4-13(14)17;/h2-5,12,15,18H,6-11H2,1H3;1H/t12-,15+;/m1./s1. The summed E-state index contributed by atoms with van der Waals surface area (Å²) in [6, 6.07) is 6.03. The lowest BCUT2D eigenvalue weighted by Gasteiger charge is -2.38. The Labute approximate surface area is 165 Å². The van der Waals surface area contributed by atoms with Crippen molar-refractivity contribution < 1.29 is 17.9 Å². The molecule has 2 fully saturated rings. The van der Waals surface area contributed by atoms with Gasteiger partial charge >= 0.3 is 0 Å². The van der Waals surface area contributed by atoms with Gasteiger partial charge in [-0.25, -0.2) is 8.42 Å². The smallest absolute Gasteiger partial charge is 0.244 e. The van der Waals surface area contributed by atoms with Crippen LogP contribution >= 0.6 is 24.0 Å². The summed E-state index contributed by atoms with van der Waals surface area (Å²) in [6.45, 7) is 4.31. The van der Waals surface area contributed by atoms with E-state index >= 15 is 0 Å². The number of halogens is 2. The van der Waals surface area contributed by atoms with Gasteiger partial charge in [-0.1, -0.05) is 23.7 Å². The summed E-state index contributed by atoms with van der Waals surface area (Å²) < 4.78 is 32.4. The third-order valence-corrected chi connectivity index (χ3v) is 6.99. The van der Waals surface area contributed by atoms with E-state index in [0.717, 1.165) is 0 Å². The predicted octanol–water partition coefficient (Wildman–Crippen LogP) is 0.972. The molecule has 0 radical (unpaired) electrons. The molecule has 26 heavy (non-hydrogen) atoms. The van der Waals surface area contributed by atoms with Crippen molar-refractivity contribution >= 4 is 39.9 Å². The van der Waals surface area contributed by atoms with Crippen LogP contribution in [0.4, 0.5) is 0 Å². The number of benzene rings is 1. The molecular weight excluding hydrogens is 401 g/mol. The Morgan fingerprint density at radius 2 is 1.88 bits per heavy atom. The molecule has 3 rings (SSSR count). The summed E-state index contributed by atoms with van der Waals surface area (Å²) in [6.07, 6.45) is -0.189. The van der Waals surface area contributed by atoms with Gasteiger partial charge < -0.3 is 15.0 Å². The summed E-state index contributed by atoms with van der Waals surface area (Å²) in [5.74, 6) is -0.0398. The lowest BCUT2D eigenvalue weighted by Crippen LogP contribution is -2.60. The normalized spacial score (nSPS) is 24.8. The number of hydrogen-bond donors (Lipinski definition) is 1. The van der Waals surface area contributed by atoms with Crippen LogP contribution < -0.4 is 5.32 Å². The quantitative estimate of drug-likeness (QED) is 0.783. The molecule has 146 valence electrons. The lowest BCUT2D eigenvalue weighted by atomic mass is 10.1. The molecule has 0 bridgehead atoms. The molecule has 0 spiro atoms. The SMILES string of the molecule is C[C@H]1OCCN[C@@H]1C(=O)N1CCN(S(=O)(=O)c2ccccc2Cl)CC1.Cl. The van der Waals surface area contributed by atoms with Crippen molar-refractivity contribution in [2.24, 2.45) is 0 Å². The number of ether oxygens (including phenoxy) is 1. The second-order valence-corrected chi connectivity index (χ2v) is 8.48. The molecule has 0 aromatic heterocycles. The fraction of sp³-hybridized carbons (Fsp3) is 0.562. The molecule has 1 aromatic rings.